The molecule has 0 fully saturated rings. The van der Waals surface area contributed by atoms with E-state index in [0.29, 0.717) is 6.61 Å². The second-order valence-electron chi connectivity index (χ2n) is 7.86. The summed E-state index contributed by atoms with van der Waals surface area (Å²) in [5, 5.41) is 0. The van der Waals surface area contributed by atoms with Gasteiger partial charge in [0.1, 0.15) is 6.10 Å². The summed E-state index contributed by atoms with van der Waals surface area (Å²) in [5.74, 6) is 0.241. The molecule has 0 aliphatic heterocycles. The number of hydrogen-bond donors (Lipinski definition) is 0. The molecule has 32 heavy (non-hydrogen) atoms. The number of rotatable bonds is 15. The molecule has 0 amide bonds. The number of benzene rings is 2. The second-order valence-corrected chi connectivity index (χ2v) is 11.1. The molecular weight excluding hydrogens is 452 g/mol. The van der Waals surface area contributed by atoms with E-state index in [2.05, 4.69) is 24.3 Å². The van der Waals surface area contributed by atoms with E-state index < -0.39 is 32.9 Å². The van der Waals surface area contributed by atoms with Gasteiger partial charge < -0.3 is 4.74 Å². The fourth-order valence-corrected chi connectivity index (χ4v) is 4.26. The highest BCUT2D eigenvalue weighted by Crippen LogP contribution is 2.18. The van der Waals surface area contributed by atoms with Gasteiger partial charge in [0, 0.05) is 6.61 Å². The molecule has 0 bridgehead atoms. The number of ether oxygens (including phenoxy) is 1. The minimum absolute atomic E-state index is 0.0875. The van der Waals surface area contributed by atoms with Gasteiger partial charge in [-0.25, -0.2) is 0 Å². The molecule has 0 heterocycles. The molecule has 0 saturated heterocycles. The maximum absolute atomic E-state index is 11.5. The predicted molar refractivity (Wildman–Crippen MR) is 124 cm³/mol. The molecule has 0 spiro atoms. The lowest BCUT2D eigenvalue weighted by Crippen LogP contribution is -2.30. The van der Waals surface area contributed by atoms with Gasteiger partial charge in [0.25, 0.3) is 20.2 Å². The Kier molecular flexibility index (Phi) is 10.8. The van der Waals surface area contributed by atoms with Crippen LogP contribution >= 0.6 is 0 Å². The summed E-state index contributed by atoms with van der Waals surface area (Å²) < 4.78 is 60.9. The molecule has 0 radical (unpaired) electrons. The van der Waals surface area contributed by atoms with Gasteiger partial charge >= 0.3 is 0 Å². The molecule has 1 unspecified atom stereocenters. The topological polar surface area (TPSA) is 96.0 Å². The molecule has 1 atom stereocenters. The zero-order valence-corrected chi connectivity index (χ0v) is 20.2. The highest BCUT2D eigenvalue weighted by Gasteiger charge is 2.20. The summed E-state index contributed by atoms with van der Waals surface area (Å²) in [6.07, 6.45) is 4.40. The molecule has 2 aromatic rings. The maximum Gasteiger partial charge on any atom is 0.264 e. The van der Waals surface area contributed by atoms with Gasteiger partial charge in [-0.2, -0.15) is 16.8 Å². The van der Waals surface area contributed by atoms with Crippen LogP contribution in [0.4, 0.5) is 0 Å². The molecular formula is C23H32O7S2. The van der Waals surface area contributed by atoms with Crippen LogP contribution in [0.3, 0.4) is 0 Å². The van der Waals surface area contributed by atoms with Gasteiger partial charge in [0.2, 0.25) is 0 Å². The van der Waals surface area contributed by atoms with E-state index in [1.54, 1.807) is 0 Å². The van der Waals surface area contributed by atoms with Crippen LogP contribution in [0.15, 0.2) is 60.7 Å². The first kappa shape index (κ1) is 26.5. The first-order valence-electron chi connectivity index (χ1n) is 10.5. The van der Waals surface area contributed by atoms with Crippen LogP contribution in [0, 0.1) is 5.92 Å². The lowest BCUT2D eigenvalue weighted by Gasteiger charge is -2.20. The Morgan fingerprint density at radius 1 is 0.688 bits per heavy atom. The minimum atomic E-state index is -3.79. The van der Waals surface area contributed by atoms with E-state index in [4.69, 9.17) is 13.1 Å². The smallest absolute Gasteiger partial charge is 0.264 e. The summed E-state index contributed by atoms with van der Waals surface area (Å²) in [6.45, 7) is -0.109. The first-order valence-corrected chi connectivity index (χ1v) is 14.1. The van der Waals surface area contributed by atoms with Crippen LogP contribution < -0.4 is 0 Å². The van der Waals surface area contributed by atoms with Crippen molar-refractivity contribution in [1.82, 2.24) is 0 Å². The van der Waals surface area contributed by atoms with Gasteiger partial charge in [-0.3, -0.25) is 8.37 Å². The monoisotopic (exact) mass is 484 g/mol. The Hall–Kier alpha value is -1.78. The van der Waals surface area contributed by atoms with Crippen molar-refractivity contribution >= 4 is 20.2 Å². The van der Waals surface area contributed by atoms with Crippen molar-refractivity contribution in [3.8, 4) is 0 Å². The Balaban J connectivity index is 1.93. The van der Waals surface area contributed by atoms with Crippen LogP contribution in [-0.2, 0) is 46.2 Å². The van der Waals surface area contributed by atoms with Crippen LogP contribution in [0.5, 0.6) is 0 Å². The lowest BCUT2D eigenvalue weighted by atomic mass is 9.94. The van der Waals surface area contributed by atoms with Crippen molar-refractivity contribution in [3.63, 3.8) is 0 Å². The summed E-state index contributed by atoms with van der Waals surface area (Å²) in [5.41, 5.74) is 2.49. The largest absolute Gasteiger partial charge is 0.378 e. The Bertz CT molecular complexity index is 948. The van der Waals surface area contributed by atoms with Crippen LogP contribution in [0.25, 0.3) is 0 Å². The minimum Gasteiger partial charge on any atom is -0.378 e. The van der Waals surface area contributed by atoms with E-state index in [9.17, 15) is 16.8 Å². The molecule has 2 aromatic carbocycles. The van der Waals surface area contributed by atoms with Gasteiger partial charge in [0.15, 0.2) is 0 Å². The van der Waals surface area contributed by atoms with E-state index in [0.717, 1.165) is 38.2 Å². The average molecular weight is 485 g/mol. The summed E-state index contributed by atoms with van der Waals surface area (Å²) in [7, 11) is -7.51. The quantitative estimate of drug-likeness (QED) is 0.358. The predicted octanol–water partition coefficient (Wildman–Crippen LogP) is 3.21. The average Bonchev–Trinajstić information content (AvgIpc) is 2.73. The Labute approximate surface area is 192 Å². The standard InChI is InChI=1S/C23H32O7S2/c1-31(24,25)29-19-23(30-32(2,26)27)18-28-17-22(15-13-20-9-5-3-6-10-20)16-14-21-11-7-4-8-12-21/h3-12,22-23H,13-19H2,1-2H3. The third-order valence-electron chi connectivity index (χ3n) is 4.80. The van der Waals surface area contributed by atoms with Crippen molar-refractivity contribution in [2.24, 2.45) is 5.92 Å². The third kappa shape index (κ3) is 12.3. The number of hydrogen-bond acceptors (Lipinski definition) is 7. The normalized spacial score (nSPS) is 13.3. The van der Waals surface area contributed by atoms with Gasteiger partial charge in [-0.15, -0.1) is 0 Å². The lowest BCUT2D eigenvalue weighted by molar-refractivity contribution is 0.0148. The first-order chi connectivity index (χ1) is 15.1. The van der Waals surface area contributed by atoms with Crippen LogP contribution in [-0.4, -0.2) is 55.3 Å². The second kappa shape index (κ2) is 13.1. The molecule has 0 aliphatic carbocycles. The van der Waals surface area contributed by atoms with Crippen LogP contribution in [0.2, 0.25) is 0 Å². The maximum atomic E-state index is 11.5. The molecule has 0 aromatic heterocycles. The van der Waals surface area contributed by atoms with Crippen LogP contribution in [0.1, 0.15) is 24.0 Å². The fourth-order valence-electron chi connectivity index (χ4n) is 3.26. The Morgan fingerprint density at radius 2 is 1.19 bits per heavy atom. The highest BCUT2D eigenvalue weighted by atomic mass is 32.2. The van der Waals surface area contributed by atoms with Crippen molar-refractivity contribution in [1.29, 1.82) is 0 Å². The zero-order valence-electron chi connectivity index (χ0n) is 18.6. The van der Waals surface area contributed by atoms with E-state index >= 15 is 0 Å². The summed E-state index contributed by atoms with van der Waals surface area (Å²) in [4.78, 5) is 0. The zero-order chi connectivity index (χ0) is 23.5. The van der Waals surface area contributed by atoms with Crippen molar-refractivity contribution in [3.05, 3.63) is 71.8 Å². The fraction of sp³-hybridized carbons (Fsp3) is 0.478. The van der Waals surface area contributed by atoms with Gasteiger partial charge in [0.05, 0.1) is 25.7 Å². The molecule has 178 valence electrons. The van der Waals surface area contributed by atoms with E-state index in [1.165, 1.54) is 11.1 Å². The van der Waals surface area contributed by atoms with Crippen molar-refractivity contribution in [2.45, 2.75) is 31.8 Å². The van der Waals surface area contributed by atoms with Crippen molar-refractivity contribution in [2.75, 3.05) is 32.3 Å². The molecule has 0 N–H and O–H groups in total. The molecule has 7 nitrogen and oxygen atoms in total. The summed E-state index contributed by atoms with van der Waals surface area (Å²) in [6, 6.07) is 20.4. The third-order valence-corrected chi connectivity index (χ3v) is 5.99. The SMILES string of the molecule is CS(=O)(=O)OCC(COCC(CCc1ccccc1)CCc1ccccc1)OS(C)(=O)=O. The van der Waals surface area contributed by atoms with Crippen molar-refractivity contribution < 1.29 is 29.9 Å². The molecule has 9 heteroatoms. The van der Waals surface area contributed by atoms with E-state index in [-0.39, 0.29) is 12.5 Å². The Morgan fingerprint density at radius 3 is 1.62 bits per heavy atom. The van der Waals surface area contributed by atoms with Gasteiger partial charge in [-0.05, 0) is 42.7 Å². The molecule has 0 aliphatic rings. The van der Waals surface area contributed by atoms with Gasteiger partial charge in [-0.1, -0.05) is 60.7 Å². The summed E-state index contributed by atoms with van der Waals surface area (Å²) >= 11 is 0. The molecule has 0 saturated carbocycles. The number of aryl methyl sites for hydroxylation is 2. The van der Waals surface area contributed by atoms with E-state index in [1.807, 2.05) is 36.4 Å². The molecule has 2 rings (SSSR count). The highest BCUT2D eigenvalue weighted by molar-refractivity contribution is 7.86.